The van der Waals surface area contributed by atoms with Gasteiger partial charge in [0.05, 0.1) is 23.4 Å². The van der Waals surface area contributed by atoms with Crippen molar-refractivity contribution >= 4 is 40.4 Å². The first-order valence-corrected chi connectivity index (χ1v) is 10.3. The number of likely N-dealkylation sites (tertiary alicyclic amines) is 1. The van der Waals surface area contributed by atoms with E-state index in [1.165, 1.54) is 29.3 Å². The lowest BCUT2D eigenvalue weighted by molar-refractivity contribution is 0.0177. The highest BCUT2D eigenvalue weighted by molar-refractivity contribution is 6.30. The normalized spacial score (nSPS) is 17.2. The molecule has 3 aromatic rings. The van der Waals surface area contributed by atoms with Gasteiger partial charge in [0.25, 0.3) is 0 Å². The van der Waals surface area contributed by atoms with Crippen LogP contribution in [-0.2, 0) is 4.74 Å². The fraction of sp³-hybridized carbons (Fsp3) is 0.286. The number of amides is 2. The number of rotatable bonds is 4. The number of hydrogen-bond acceptors (Lipinski definition) is 4. The topological polar surface area (TPSA) is 108 Å². The van der Waals surface area contributed by atoms with Crippen molar-refractivity contribution in [2.45, 2.75) is 31.4 Å². The van der Waals surface area contributed by atoms with Crippen LogP contribution in [0.2, 0.25) is 5.02 Å². The maximum Gasteiger partial charge on any atom is 0.412 e. The summed E-state index contributed by atoms with van der Waals surface area (Å²) in [6.45, 7) is 0.246. The second-order valence-corrected chi connectivity index (χ2v) is 7.92. The molecule has 1 aliphatic rings. The van der Waals surface area contributed by atoms with E-state index in [-0.39, 0.29) is 22.8 Å². The van der Waals surface area contributed by atoms with Gasteiger partial charge in [-0.05, 0) is 49.1 Å². The van der Waals surface area contributed by atoms with Crippen molar-refractivity contribution in [3.05, 3.63) is 58.7 Å². The fourth-order valence-corrected chi connectivity index (χ4v) is 4.16. The molecule has 2 atom stereocenters. The molecule has 168 valence electrons. The Morgan fingerprint density at radius 3 is 2.81 bits per heavy atom. The number of ether oxygens (including phenoxy) is 1. The summed E-state index contributed by atoms with van der Waals surface area (Å²) in [7, 11) is 0. The van der Waals surface area contributed by atoms with E-state index in [9.17, 15) is 23.5 Å². The number of carbonyl (C=O) groups excluding carboxylic acids is 1. The lowest BCUT2D eigenvalue weighted by atomic mass is 9.93. The highest BCUT2D eigenvalue weighted by Crippen LogP contribution is 2.34. The summed E-state index contributed by atoms with van der Waals surface area (Å²) in [5, 5.41) is 19.0. The molecular weight excluding hydrogens is 446 g/mol. The lowest BCUT2D eigenvalue weighted by Gasteiger charge is -2.38. The summed E-state index contributed by atoms with van der Waals surface area (Å²) in [5.74, 6) is -1.37. The van der Waals surface area contributed by atoms with Gasteiger partial charge in [0.2, 0.25) is 0 Å². The minimum atomic E-state index is -1.18. The summed E-state index contributed by atoms with van der Waals surface area (Å²) < 4.78 is 34.0. The zero-order valence-electron chi connectivity index (χ0n) is 16.6. The molecule has 1 fully saturated rings. The molecule has 11 heteroatoms. The van der Waals surface area contributed by atoms with Crippen LogP contribution >= 0.6 is 11.6 Å². The molecule has 1 aromatic heterocycles. The quantitative estimate of drug-likeness (QED) is 0.484. The average molecular weight is 465 g/mol. The summed E-state index contributed by atoms with van der Waals surface area (Å²) in [6.07, 6.45) is -0.133. The Hall–Kier alpha value is -3.40. The van der Waals surface area contributed by atoms with Crippen LogP contribution in [0.4, 0.5) is 24.1 Å². The van der Waals surface area contributed by atoms with E-state index in [0.29, 0.717) is 30.2 Å². The Morgan fingerprint density at radius 2 is 2.06 bits per heavy atom. The molecule has 1 unspecified atom stereocenters. The van der Waals surface area contributed by atoms with E-state index in [4.69, 9.17) is 16.3 Å². The molecule has 0 radical (unpaired) electrons. The van der Waals surface area contributed by atoms with Crippen LogP contribution in [-0.4, -0.2) is 45.0 Å². The van der Waals surface area contributed by atoms with Crippen molar-refractivity contribution in [1.29, 1.82) is 0 Å². The number of aromatic nitrogens is 2. The number of carboxylic acid groups (broad SMARTS) is 1. The number of benzene rings is 2. The van der Waals surface area contributed by atoms with Gasteiger partial charge in [-0.1, -0.05) is 11.6 Å². The highest BCUT2D eigenvalue weighted by atomic mass is 35.5. The van der Waals surface area contributed by atoms with Gasteiger partial charge in [-0.15, -0.1) is 0 Å². The smallest absolute Gasteiger partial charge is 0.412 e. The van der Waals surface area contributed by atoms with Gasteiger partial charge in [-0.25, -0.2) is 18.4 Å². The van der Waals surface area contributed by atoms with Crippen molar-refractivity contribution in [3.8, 4) is 0 Å². The molecule has 0 aliphatic carbocycles. The first-order valence-electron chi connectivity index (χ1n) is 9.87. The monoisotopic (exact) mass is 464 g/mol. The van der Waals surface area contributed by atoms with Crippen LogP contribution in [0, 0.1) is 11.6 Å². The third kappa shape index (κ3) is 4.59. The summed E-state index contributed by atoms with van der Waals surface area (Å²) in [4.78, 5) is 25.6. The average Bonchev–Trinajstić information content (AvgIpc) is 3.18. The second kappa shape index (κ2) is 8.99. The zero-order valence-corrected chi connectivity index (χ0v) is 17.4. The molecular formula is C21H19ClF2N4O4. The van der Waals surface area contributed by atoms with Crippen molar-refractivity contribution < 1.29 is 28.2 Å². The number of fused-ring (bicyclic) bond motifs is 1. The standard InChI is InChI=1S/C21H19ClF2N4O4/c22-13-5-11(6-14(23)8-13)19(18-3-1-2-4-28(18)21(30)31)32-20(29)26-17-7-12-10-25-27-16(12)9-15(17)24/h5-10,18-19H,1-4H2,(H,25,27)(H,26,29)(H,30,31)/t18?,19-/m0/s1. The predicted octanol–water partition coefficient (Wildman–Crippen LogP) is 5.32. The van der Waals surface area contributed by atoms with E-state index >= 15 is 0 Å². The highest BCUT2D eigenvalue weighted by Gasteiger charge is 2.37. The molecule has 3 N–H and O–H groups in total. The minimum absolute atomic E-state index is 0.0724. The molecule has 2 aromatic carbocycles. The van der Waals surface area contributed by atoms with Gasteiger partial charge in [-0.3, -0.25) is 10.4 Å². The Bertz CT molecular complexity index is 1150. The van der Waals surface area contributed by atoms with Crippen LogP contribution in [0.3, 0.4) is 0 Å². The summed E-state index contributed by atoms with van der Waals surface area (Å²) in [6, 6.07) is 5.44. The van der Waals surface area contributed by atoms with E-state index in [0.717, 1.165) is 12.1 Å². The third-order valence-corrected chi connectivity index (χ3v) is 5.57. The van der Waals surface area contributed by atoms with Gasteiger partial charge in [0.15, 0.2) is 0 Å². The SMILES string of the molecule is O=C(Nc1cc2cn[nH]c2cc1F)O[C@@H](c1cc(F)cc(Cl)c1)C1CCCCN1C(=O)O. The number of aromatic amines is 1. The van der Waals surface area contributed by atoms with Crippen molar-refractivity contribution in [3.63, 3.8) is 0 Å². The minimum Gasteiger partial charge on any atom is -0.465 e. The van der Waals surface area contributed by atoms with Crippen LogP contribution in [0.25, 0.3) is 10.9 Å². The van der Waals surface area contributed by atoms with Gasteiger partial charge >= 0.3 is 12.2 Å². The zero-order chi connectivity index (χ0) is 22.8. The van der Waals surface area contributed by atoms with Crippen molar-refractivity contribution in [2.24, 2.45) is 0 Å². The number of H-pyrrole nitrogens is 1. The maximum atomic E-state index is 14.4. The Labute approximate surface area is 186 Å². The van der Waals surface area contributed by atoms with Gasteiger partial charge in [0, 0.05) is 23.0 Å². The van der Waals surface area contributed by atoms with Crippen LogP contribution in [0.1, 0.15) is 30.9 Å². The van der Waals surface area contributed by atoms with E-state index in [2.05, 4.69) is 15.5 Å². The molecule has 1 aliphatic heterocycles. The third-order valence-electron chi connectivity index (χ3n) is 5.36. The first kappa shape index (κ1) is 21.8. The van der Waals surface area contributed by atoms with Gasteiger partial charge in [0.1, 0.15) is 17.7 Å². The molecule has 0 saturated carbocycles. The van der Waals surface area contributed by atoms with Gasteiger partial charge < -0.3 is 14.7 Å². The number of nitrogens with one attached hydrogen (secondary N) is 2. The molecule has 8 nitrogen and oxygen atoms in total. The van der Waals surface area contributed by atoms with Crippen LogP contribution in [0.15, 0.2) is 36.5 Å². The number of anilines is 1. The largest absolute Gasteiger partial charge is 0.465 e. The molecule has 2 heterocycles. The lowest BCUT2D eigenvalue weighted by Crippen LogP contribution is -2.47. The predicted molar refractivity (Wildman–Crippen MR) is 113 cm³/mol. The Kier molecular flexibility index (Phi) is 6.13. The number of piperidine rings is 1. The fourth-order valence-electron chi connectivity index (χ4n) is 3.93. The van der Waals surface area contributed by atoms with Crippen LogP contribution in [0.5, 0.6) is 0 Å². The number of nitrogens with zero attached hydrogens (tertiary/aromatic N) is 2. The molecule has 32 heavy (non-hydrogen) atoms. The van der Waals surface area contributed by atoms with Crippen molar-refractivity contribution in [1.82, 2.24) is 15.1 Å². The number of carbonyl (C=O) groups is 2. The van der Waals surface area contributed by atoms with Crippen LogP contribution < -0.4 is 5.32 Å². The van der Waals surface area contributed by atoms with E-state index in [1.807, 2.05) is 0 Å². The molecule has 0 spiro atoms. The molecule has 1 saturated heterocycles. The van der Waals surface area contributed by atoms with E-state index < -0.39 is 36.0 Å². The Balaban J connectivity index is 1.63. The first-order chi connectivity index (χ1) is 15.3. The second-order valence-electron chi connectivity index (χ2n) is 7.48. The number of hydrogen-bond donors (Lipinski definition) is 3. The molecule has 2 amide bonds. The maximum absolute atomic E-state index is 14.4. The summed E-state index contributed by atoms with van der Waals surface area (Å²) >= 11 is 5.98. The summed E-state index contributed by atoms with van der Waals surface area (Å²) in [5.41, 5.74) is 0.515. The van der Waals surface area contributed by atoms with Crippen molar-refractivity contribution in [2.75, 3.05) is 11.9 Å². The molecule has 4 rings (SSSR count). The Morgan fingerprint density at radius 1 is 1.25 bits per heavy atom. The number of halogens is 3. The molecule has 0 bridgehead atoms. The van der Waals surface area contributed by atoms with Gasteiger partial charge in [-0.2, -0.15) is 5.10 Å². The van der Waals surface area contributed by atoms with E-state index in [1.54, 1.807) is 0 Å².